The van der Waals surface area contributed by atoms with E-state index in [1.54, 1.807) is 55.6 Å². The van der Waals surface area contributed by atoms with Gasteiger partial charge in [-0.05, 0) is 86.0 Å². The maximum Gasteiger partial charge on any atom is 0.243 e. The number of halogens is 1. The number of aromatic nitrogens is 2. The molecule has 0 amide bonds. The Morgan fingerprint density at radius 3 is 2.46 bits per heavy atom. The molecule has 2 aromatic carbocycles. The topological polar surface area (TPSA) is 117 Å². The number of nitrogens with zero attached hydrogens (tertiary/aromatic N) is 3. The van der Waals surface area contributed by atoms with Crippen molar-refractivity contribution in [3.63, 3.8) is 0 Å². The molecule has 1 aliphatic rings. The first-order valence-corrected chi connectivity index (χ1v) is 14.0. The highest BCUT2D eigenvalue weighted by atomic mass is 32.2. The summed E-state index contributed by atoms with van der Waals surface area (Å²) < 4.78 is 47.8. The molecule has 2 aromatic heterocycles. The molecule has 1 saturated carbocycles. The molecule has 9 nitrogen and oxygen atoms in total. The van der Waals surface area contributed by atoms with Gasteiger partial charge in [0.25, 0.3) is 0 Å². The van der Waals surface area contributed by atoms with Crippen molar-refractivity contribution in [2.75, 3.05) is 10.6 Å². The van der Waals surface area contributed by atoms with E-state index >= 15 is 0 Å². The number of Topliss-reactive ketones (excluding diaryl/α,β-unsaturated/α-hetero) is 1. The van der Waals surface area contributed by atoms with Gasteiger partial charge < -0.3 is 15.1 Å². The molecule has 0 atom stereocenters. The molecule has 202 valence electrons. The van der Waals surface area contributed by atoms with Gasteiger partial charge in [-0.25, -0.2) is 17.8 Å². The predicted octanol–water partition coefficient (Wildman–Crippen LogP) is 5.71. The number of carbonyl (C=O) groups is 1. The fourth-order valence-corrected chi connectivity index (χ4v) is 6.16. The number of hydrogen-bond acceptors (Lipinski definition) is 8. The second-order valence-electron chi connectivity index (χ2n) is 9.40. The molecule has 0 aliphatic heterocycles. The van der Waals surface area contributed by atoms with Crippen LogP contribution in [0.25, 0.3) is 0 Å². The van der Waals surface area contributed by atoms with Crippen molar-refractivity contribution in [3.05, 3.63) is 90.3 Å². The van der Waals surface area contributed by atoms with Crippen molar-refractivity contribution >= 4 is 38.9 Å². The van der Waals surface area contributed by atoms with Crippen LogP contribution in [0.3, 0.4) is 0 Å². The second kappa shape index (κ2) is 11.3. The Kier molecular flexibility index (Phi) is 7.71. The standard InChI is InChI=1S/C28H28FN5O4S/c1-19-17-21(6-13-26(19)29)31-27-14-15-30-28(33-27)32-20-4-11-25(12-5-20)39(36,37)34(18-24-3-2-16-38-24)22-7-9-23(35)10-8-22/h2-6,11-17,22H,7-10,18H2,1H3,(H2,30,31,32,33). The summed E-state index contributed by atoms with van der Waals surface area (Å²) in [6.07, 6.45) is 4.79. The molecule has 4 aromatic rings. The smallest absolute Gasteiger partial charge is 0.243 e. The number of ketones is 1. The van der Waals surface area contributed by atoms with E-state index in [9.17, 15) is 17.6 Å². The van der Waals surface area contributed by atoms with Crippen LogP contribution in [0.4, 0.5) is 27.5 Å². The first-order valence-electron chi connectivity index (χ1n) is 12.6. The average molecular weight is 550 g/mol. The minimum absolute atomic E-state index is 0.0927. The van der Waals surface area contributed by atoms with E-state index in [4.69, 9.17) is 4.42 Å². The van der Waals surface area contributed by atoms with Crippen molar-refractivity contribution in [1.82, 2.24) is 14.3 Å². The zero-order chi connectivity index (χ0) is 27.4. The molecule has 11 heteroatoms. The lowest BCUT2D eigenvalue weighted by Crippen LogP contribution is -2.41. The lowest BCUT2D eigenvalue weighted by molar-refractivity contribution is -0.121. The van der Waals surface area contributed by atoms with Gasteiger partial charge in [-0.15, -0.1) is 0 Å². The Bertz CT molecular complexity index is 1550. The van der Waals surface area contributed by atoms with Gasteiger partial charge in [-0.2, -0.15) is 9.29 Å². The van der Waals surface area contributed by atoms with E-state index in [1.165, 1.54) is 28.8 Å². The maximum atomic E-state index is 13.7. The van der Waals surface area contributed by atoms with Gasteiger partial charge >= 0.3 is 0 Å². The van der Waals surface area contributed by atoms with Crippen molar-refractivity contribution in [2.45, 2.75) is 50.1 Å². The molecule has 0 saturated heterocycles. The van der Waals surface area contributed by atoms with E-state index in [2.05, 4.69) is 20.6 Å². The van der Waals surface area contributed by atoms with Crippen molar-refractivity contribution in [2.24, 2.45) is 0 Å². The number of benzene rings is 2. The lowest BCUT2D eigenvalue weighted by Gasteiger charge is -2.32. The number of hydrogen-bond donors (Lipinski definition) is 2. The monoisotopic (exact) mass is 549 g/mol. The van der Waals surface area contributed by atoms with Crippen molar-refractivity contribution < 1.29 is 22.0 Å². The minimum Gasteiger partial charge on any atom is -0.468 e. The molecule has 2 N–H and O–H groups in total. The summed E-state index contributed by atoms with van der Waals surface area (Å²) in [5, 5.41) is 6.20. The van der Waals surface area contributed by atoms with Crippen LogP contribution in [0.15, 0.2) is 82.4 Å². The Morgan fingerprint density at radius 2 is 1.77 bits per heavy atom. The van der Waals surface area contributed by atoms with Crippen LogP contribution in [0.1, 0.15) is 37.0 Å². The average Bonchev–Trinajstić information content (AvgIpc) is 3.44. The van der Waals surface area contributed by atoms with Gasteiger partial charge in [0.05, 0.1) is 17.7 Å². The van der Waals surface area contributed by atoms with Gasteiger partial charge in [-0.3, -0.25) is 4.79 Å². The molecule has 39 heavy (non-hydrogen) atoms. The van der Waals surface area contributed by atoms with E-state index in [-0.39, 0.29) is 29.1 Å². The largest absolute Gasteiger partial charge is 0.468 e. The molecule has 0 unspecified atom stereocenters. The van der Waals surface area contributed by atoms with Crippen molar-refractivity contribution in [1.29, 1.82) is 0 Å². The quantitative estimate of drug-likeness (QED) is 0.273. The van der Waals surface area contributed by atoms with E-state index < -0.39 is 10.0 Å². The molecule has 0 spiro atoms. The zero-order valence-corrected chi connectivity index (χ0v) is 22.1. The number of anilines is 4. The highest BCUT2D eigenvalue weighted by Crippen LogP contribution is 2.29. The fraction of sp³-hybridized carbons (Fsp3) is 0.250. The number of carbonyl (C=O) groups excluding carboxylic acids is 1. The summed E-state index contributed by atoms with van der Waals surface area (Å²) in [4.78, 5) is 20.6. The molecule has 5 rings (SSSR count). The number of nitrogens with one attached hydrogen (secondary N) is 2. The van der Waals surface area contributed by atoms with Crippen molar-refractivity contribution in [3.8, 4) is 0 Å². The Balaban J connectivity index is 1.31. The molecular formula is C28H28FN5O4S. The van der Waals surface area contributed by atoms with Gasteiger partial charge in [0, 0.05) is 36.5 Å². The van der Waals surface area contributed by atoms with Crippen LogP contribution in [-0.2, 0) is 21.4 Å². The van der Waals surface area contributed by atoms with E-state index in [0.29, 0.717) is 60.1 Å². The normalized spacial score (nSPS) is 14.5. The third kappa shape index (κ3) is 6.32. The highest BCUT2D eigenvalue weighted by molar-refractivity contribution is 7.89. The maximum absolute atomic E-state index is 13.7. The lowest BCUT2D eigenvalue weighted by atomic mass is 9.94. The van der Waals surface area contributed by atoms with Gasteiger partial charge in [0.1, 0.15) is 23.2 Å². The summed E-state index contributed by atoms with van der Waals surface area (Å²) in [5.41, 5.74) is 1.81. The predicted molar refractivity (Wildman–Crippen MR) is 145 cm³/mol. The summed E-state index contributed by atoms with van der Waals surface area (Å²) in [6, 6.07) is 15.9. The number of furan rings is 1. The molecular weight excluding hydrogens is 521 g/mol. The third-order valence-electron chi connectivity index (χ3n) is 6.61. The number of aryl methyl sites for hydroxylation is 1. The van der Waals surface area contributed by atoms with E-state index in [1.807, 2.05) is 0 Å². The van der Waals surface area contributed by atoms with Crippen LogP contribution in [-0.4, -0.2) is 34.5 Å². The first-order chi connectivity index (χ1) is 18.8. The van der Waals surface area contributed by atoms with E-state index in [0.717, 1.165) is 0 Å². The fourth-order valence-electron chi connectivity index (χ4n) is 4.51. The van der Waals surface area contributed by atoms with Gasteiger partial charge in [0.2, 0.25) is 16.0 Å². The summed E-state index contributed by atoms with van der Waals surface area (Å²) in [5.74, 6) is 1.23. The Labute approximate surface area is 226 Å². The van der Waals surface area contributed by atoms with Crippen LogP contribution in [0.5, 0.6) is 0 Å². The Hall–Kier alpha value is -4.09. The molecule has 0 bridgehead atoms. The molecule has 1 aliphatic carbocycles. The molecule has 1 fully saturated rings. The van der Waals surface area contributed by atoms with Crippen LogP contribution in [0.2, 0.25) is 0 Å². The first kappa shape index (κ1) is 26.5. The summed E-state index contributed by atoms with van der Waals surface area (Å²) in [7, 11) is -3.87. The summed E-state index contributed by atoms with van der Waals surface area (Å²) >= 11 is 0. The molecule has 0 radical (unpaired) electrons. The SMILES string of the molecule is Cc1cc(Nc2ccnc(Nc3ccc(S(=O)(=O)N(Cc4ccco4)C4CCC(=O)CC4)cc3)n2)ccc1F. The zero-order valence-electron chi connectivity index (χ0n) is 21.3. The van der Waals surface area contributed by atoms with Crippen LogP contribution in [0, 0.1) is 12.7 Å². The second-order valence-corrected chi connectivity index (χ2v) is 11.3. The summed E-state index contributed by atoms with van der Waals surface area (Å²) in [6.45, 7) is 1.78. The number of rotatable bonds is 9. The molecule has 2 heterocycles. The van der Waals surface area contributed by atoms with Gasteiger partial charge in [0.15, 0.2) is 0 Å². The van der Waals surface area contributed by atoms with Crippen LogP contribution < -0.4 is 10.6 Å². The van der Waals surface area contributed by atoms with Gasteiger partial charge in [-0.1, -0.05) is 0 Å². The minimum atomic E-state index is -3.87. The third-order valence-corrected chi connectivity index (χ3v) is 8.53. The van der Waals surface area contributed by atoms with Crippen LogP contribution >= 0.6 is 0 Å². The highest BCUT2D eigenvalue weighted by Gasteiger charge is 2.34. The number of sulfonamides is 1. The Morgan fingerprint density at radius 1 is 1.03 bits per heavy atom.